The highest BCUT2D eigenvalue weighted by Crippen LogP contribution is 2.34. The highest BCUT2D eigenvalue weighted by Gasteiger charge is 2.24. The average molecular weight is 359 g/mol. The van der Waals surface area contributed by atoms with Crippen molar-refractivity contribution in [3.63, 3.8) is 0 Å². The van der Waals surface area contributed by atoms with Crippen molar-refractivity contribution in [1.82, 2.24) is 9.13 Å². The number of nitrogens with zero attached hydrogens (tertiary/aromatic N) is 2. The van der Waals surface area contributed by atoms with Crippen molar-refractivity contribution in [2.45, 2.75) is 26.4 Å². The van der Waals surface area contributed by atoms with Crippen molar-refractivity contribution in [1.29, 1.82) is 0 Å². The van der Waals surface area contributed by atoms with E-state index in [4.69, 9.17) is 4.74 Å². The Morgan fingerprint density at radius 1 is 1.04 bits per heavy atom. The Labute approximate surface area is 156 Å². The van der Waals surface area contributed by atoms with E-state index in [0.29, 0.717) is 11.2 Å². The van der Waals surface area contributed by atoms with Gasteiger partial charge in [0.2, 0.25) is 6.41 Å². The summed E-state index contributed by atoms with van der Waals surface area (Å²) in [4.78, 5) is 24.5. The van der Waals surface area contributed by atoms with Gasteiger partial charge in [0.25, 0.3) is 0 Å². The first-order valence-corrected chi connectivity index (χ1v) is 8.70. The van der Waals surface area contributed by atoms with Crippen LogP contribution in [0.5, 0.6) is 0 Å². The second-order valence-electron chi connectivity index (χ2n) is 7.38. The number of hydrogen-bond donors (Lipinski definition) is 0. The zero-order valence-electron chi connectivity index (χ0n) is 15.4. The van der Waals surface area contributed by atoms with Crippen LogP contribution in [0.4, 0.5) is 4.79 Å². The van der Waals surface area contributed by atoms with Crippen molar-refractivity contribution in [2.75, 3.05) is 0 Å². The van der Waals surface area contributed by atoms with Gasteiger partial charge in [0, 0.05) is 28.6 Å². The smallest absolute Gasteiger partial charge is 0.419 e. The Balaban J connectivity index is 2.02. The summed E-state index contributed by atoms with van der Waals surface area (Å²) in [6.45, 7) is 5.49. The van der Waals surface area contributed by atoms with E-state index in [1.807, 2.05) is 69.3 Å². The zero-order chi connectivity index (χ0) is 19.2. The van der Waals surface area contributed by atoms with E-state index >= 15 is 0 Å². The first-order chi connectivity index (χ1) is 12.9. The molecule has 4 aromatic rings. The molecule has 0 N–H and O–H groups in total. The molecule has 0 aliphatic carbocycles. The minimum Gasteiger partial charge on any atom is -0.443 e. The highest BCUT2D eigenvalue weighted by atomic mass is 16.6. The van der Waals surface area contributed by atoms with Crippen LogP contribution in [0.3, 0.4) is 0 Å². The maximum absolute atomic E-state index is 13.0. The van der Waals surface area contributed by atoms with E-state index in [9.17, 15) is 9.59 Å². The summed E-state index contributed by atoms with van der Waals surface area (Å²) in [7, 11) is 0. The van der Waals surface area contributed by atoms with Crippen molar-refractivity contribution in [3.05, 3.63) is 60.8 Å². The lowest BCUT2D eigenvalue weighted by Gasteiger charge is -2.20. The molecule has 0 saturated carbocycles. The fourth-order valence-electron chi connectivity index (χ4n) is 3.24. The molecule has 2 aromatic carbocycles. The standard InChI is InChI=1S/C22H19N2O3/c1-22(2,3)27-21(26)24-18-10-6-4-8-15(18)12-20(24)17-13-23(14-25)19-11-7-5-9-16(17)19/h4-11,13-14H,1-3H3. The lowest BCUT2D eigenvalue weighted by Crippen LogP contribution is -2.27. The van der Waals surface area contributed by atoms with Crippen LogP contribution in [0, 0.1) is 6.07 Å². The summed E-state index contributed by atoms with van der Waals surface area (Å²) in [5, 5.41) is 1.68. The molecule has 2 heterocycles. The van der Waals surface area contributed by atoms with Crippen LogP contribution in [-0.4, -0.2) is 27.2 Å². The minimum absolute atomic E-state index is 0.474. The lowest BCUT2D eigenvalue weighted by molar-refractivity contribution is 0.0547. The van der Waals surface area contributed by atoms with Crippen molar-refractivity contribution in [3.8, 4) is 11.3 Å². The second kappa shape index (κ2) is 6.13. The maximum Gasteiger partial charge on any atom is 0.419 e. The Morgan fingerprint density at radius 3 is 2.41 bits per heavy atom. The van der Waals surface area contributed by atoms with Gasteiger partial charge < -0.3 is 4.74 Å². The number of hydrogen-bond acceptors (Lipinski definition) is 3. The maximum atomic E-state index is 13.0. The van der Waals surface area contributed by atoms with Crippen molar-refractivity contribution < 1.29 is 14.3 Å². The molecule has 0 spiro atoms. The molecule has 0 fully saturated rings. The van der Waals surface area contributed by atoms with Crippen LogP contribution < -0.4 is 0 Å². The van der Waals surface area contributed by atoms with Crippen LogP contribution in [0.1, 0.15) is 20.8 Å². The molecule has 0 atom stereocenters. The summed E-state index contributed by atoms with van der Waals surface area (Å²) >= 11 is 0. The quantitative estimate of drug-likeness (QED) is 0.479. The third kappa shape index (κ3) is 2.91. The molecular formula is C22H19N2O3. The fourth-order valence-corrected chi connectivity index (χ4v) is 3.24. The van der Waals surface area contributed by atoms with Gasteiger partial charge in [-0.05, 0) is 32.9 Å². The van der Waals surface area contributed by atoms with E-state index in [1.165, 1.54) is 9.13 Å². The van der Waals surface area contributed by atoms with Crippen LogP contribution >= 0.6 is 0 Å². The number of carbonyl (C=O) groups excluding carboxylic acids is 2. The number of aromatic nitrogens is 2. The monoisotopic (exact) mass is 359 g/mol. The Bertz CT molecular complexity index is 1180. The molecule has 0 bridgehead atoms. The number of ether oxygens (including phenoxy) is 1. The van der Waals surface area contributed by atoms with Gasteiger partial charge in [-0.15, -0.1) is 0 Å². The zero-order valence-corrected chi connectivity index (χ0v) is 15.4. The first-order valence-electron chi connectivity index (χ1n) is 8.70. The lowest BCUT2D eigenvalue weighted by atomic mass is 10.1. The highest BCUT2D eigenvalue weighted by molar-refractivity contribution is 6.03. The Hall–Kier alpha value is -3.34. The topological polar surface area (TPSA) is 53.2 Å². The molecule has 5 nitrogen and oxygen atoms in total. The first kappa shape index (κ1) is 17.1. The third-order valence-electron chi connectivity index (χ3n) is 4.31. The summed E-state index contributed by atoms with van der Waals surface area (Å²) in [5.74, 6) is 0. The molecule has 0 unspecified atom stereocenters. The SMILES string of the molecule is CC(C)(C)OC(=O)n1c(-c2cn(C=O)c3ccccc23)[c]c2ccccc21. The van der Waals surface area contributed by atoms with Gasteiger partial charge in [-0.3, -0.25) is 9.36 Å². The molecule has 5 heteroatoms. The molecule has 0 amide bonds. The number of rotatable bonds is 2. The van der Waals surface area contributed by atoms with E-state index in [1.54, 1.807) is 6.20 Å². The Kier molecular flexibility index (Phi) is 3.88. The molecule has 0 aliphatic rings. The van der Waals surface area contributed by atoms with Crippen LogP contribution in [0.2, 0.25) is 0 Å². The predicted octanol–water partition coefficient (Wildman–Crippen LogP) is 4.88. The molecule has 135 valence electrons. The van der Waals surface area contributed by atoms with E-state index in [0.717, 1.165) is 28.3 Å². The van der Waals surface area contributed by atoms with Gasteiger partial charge in [0.05, 0.1) is 16.7 Å². The van der Waals surface area contributed by atoms with Gasteiger partial charge >= 0.3 is 6.09 Å². The second-order valence-corrected chi connectivity index (χ2v) is 7.38. The van der Waals surface area contributed by atoms with Crippen LogP contribution in [0.15, 0.2) is 54.7 Å². The van der Waals surface area contributed by atoms with Gasteiger partial charge in [0.1, 0.15) is 5.60 Å². The minimum atomic E-state index is -0.628. The summed E-state index contributed by atoms with van der Waals surface area (Å²) in [6.07, 6.45) is 2.01. The number of carbonyl (C=O) groups is 2. The van der Waals surface area contributed by atoms with Crippen LogP contribution in [-0.2, 0) is 9.53 Å². The van der Waals surface area contributed by atoms with Crippen molar-refractivity contribution >= 4 is 34.3 Å². The van der Waals surface area contributed by atoms with Crippen LogP contribution in [0.25, 0.3) is 33.1 Å². The third-order valence-corrected chi connectivity index (χ3v) is 4.31. The van der Waals surface area contributed by atoms with Gasteiger partial charge in [-0.2, -0.15) is 0 Å². The predicted molar refractivity (Wildman–Crippen MR) is 105 cm³/mol. The number of para-hydroxylation sites is 2. The number of benzene rings is 2. The van der Waals surface area contributed by atoms with Gasteiger partial charge in [-0.25, -0.2) is 9.36 Å². The summed E-state index contributed by atoms with van der Waals surface area (Å²) in [5.41, 5.74) is 2.18. The van der Waals surface area contributed by atoms with Gasteiger partial charge in [0.15, 0.2) is 0 Å². The van der Waals surface area contributed by atoms with E-state index < -0.39 is 11.7 Å². The summed E-state index contributed by atoms with van der Waals surface area (Å²) < 4.78 is 8.66. The molecule has 4 rings (SSSR count). The van der Waals surface area contributed by atoms with Gasteiger partial charge in [-0.1, -0.05) is 36.4 Å². The van der Waals surface area contributed by atoms with E-state index in [2.05, 4.69) is 6.07 Å². The molecule has 0 saturated heterocycles. The van der Waals surface area contributed by atoms with E-state index in [-0.39, 0.29) is 0 Å². The molecule has 27 heavy (non-hydrogen) atoms. The van der Waals surface area contributed by atoms with Crippen molar-refractivity contribution in [2.24, 2.45) is 0 Å². The fraction of sp³-hybridized carbons (Fsp3) is 0.182. The largest absolute Gasteiger partial charge is 0.443 e. The molecule has 1 radical (unpaired) electrons. The molecule has 2 aromatic heterocycles. The molecular weight excluding hydrogens is 340 g/mol. The normalized spacial score (nSPS) is 11.8. The Morgan fingerprint density at radius 2 is 1.70 bits per heavy atom. The number of fused-ring (bicyclic) bond motifs is 2. The molecule has 0 aliphatic heterocycles. The summed E-state index contributed by atoms with van der Waals surface area (Å²) in [6, 6.07) is 18.4. The average Bonchev–Trinajstić information content (AvgIpc) is 3.18.